The van der Waals surface area contributed by atoms with Crippen LogP contribution in [0.4, 0.5) is 5.82 Å². The largest absolute Gasteiger partial charge is 0.383 e. The van der Waals surface area contributed by atoms with Crippen molar-refractivity contribution in [1.82, 2.24) is 15.4 Å². The van der Waals surface area contributed by atoms with E-state index in [1.54, 1.807) is 12.3 Å². The average Bonchev–Trinajstić information content (AvgIpc) is 2.51. The van der Waals surface area contributed by atoms with Crippen LogP contribution < -0.4 is 17.0 Å². The lowest BCUT2D eigenvalue weighted by Crippen LogP contribution is -2.29. The fraction of sp³-hybridized carbons (Fsp3) is 0.0667. The standard InChI is InChI=1S/C15H14ClN5/c16-11-7-12(15(17)20-8-11)14(21-18)10-3-4-13-9(6-10)2-1-5-19-13/h1-8,14,21H,18H2,(H2,17,20). The second kappa shape index (κ2) is 5.65. The van der Waals surface area contributed by atoms with Gasteiger partial charge in [0.15, 0.2) is 0 Å². The Morgan fingerprint density at radius 1 is 1.14 bits per heavy atom. The highest BCUT2D eigenvalue weighted by molar-refractivity contribution is 6.30. The van der Waals surface area contributed by atoms with Gasteiger partial charge in [-0.25, -0.2) is 10.4 Å². The SMILES string of the molecule is NNC(c1ccc2ncccc2c1)c1cc(Cl)cnc1N. The second-order valence-corrected chi connectivity index (χ2v) is 5.12. The monoisotopic (exact) mass is 299 g/mol. The van der Waals surface area contributed by atoms with E-state index in [1.165, 1.54) is 6.20 Å². The molecule has 0 amide bonds. The number of fused-ring (bicyclic) bond motifs is 1. The summed E-state index contributed by atoms with van der Waals surface area (Å²) in [5.74, 6) is 6.10. The van der Waals surface area contributed by atoms with Crippen LogP contribution in [0.1, 0.15) is 17.2 Å². The van der Waals surface area contributed by atoms with E-state index < -0.39 is 0 Å². The zero-order valence-corrected chi connectivity index (χ0v) is 11.9. The topological polar surface area (TPSA) is 89.8 Å². The number of hydrogen-bond donors (Lipinski definition) is 3. The lowest BCUT2D eigenvalue weighted by molar-refractivity contribution is 0.637. The summed E-state index contributed by atoms with van der Waals surface area (Å²) in [5, 5.41) is 1.55. The number of nitrogens with two attached hydrogens (primary N) is 2. The highest BCUT2D eigenvalue weighted by Crippen LogP contribution is 2.28. The molecule has 3 rings (SSSR count). The van der Waals surface area contributed by atoms with E-state index in [0.29, 0.717) is 10.8 Å². The summed E-state index contributed by atoms with van der Waals surface area (Å²) >= 11 is 6.00. The minimum atomic E-state index is -0.291. The van der Waals surface area contributed by atoms with E-state index in [4.69, 9.17) is 23.2 Å². The molecule has 6 heteroatoms. The molecule has 106 valence electrons. The van der Waals surface area contributed by atoms with Gasteiger partial charge in [0.05, 0.1) is 16.6 Å². The number of benzene rings is 1. The Morgan fingerprint density at radius 2 is 2.00 bits per heavy atom. The molecule has 0 saturated heterocycles. The van der Waals surface area contributed by atoms with Gasteiger partial charge in [-0.1, -0.05) is 23.7 Å². The molecule has 3 aromatic rings. The fourth-order valence-electron chi connectivity index (χ4n) is 2.34. The van der Waals surface area contributed by atoms with E-state index in [9.17, 15) is 0 Å². The van der Waals surface area contributed by atoms with E-state index in [0.717, 1.165) is 22.0 Å². The van der Waals surface area contributed by atoms with Crippen molar-refractivity contribution in [2.75, 3.05) is 5.73 Å². The van der Waals surface area contributed by atoms with Gasteiger partial charge in [0.25, 0.3) is 0 Å². The molecule has 2 heterocycles. The molecule has 0 spiro atoms. The van der Waals surface area contributed by atoms with Gasteiger partial charge in [-0.05, 0) is 29.8 Å². The zero-order chi connectivity index (χ0) is 14.8. The molecule has 0 aliphatic heterocycles. The molecular formula is C15H14ClN5. The number of nitrogen functional groups attached to an aromatic ring is 1. The van der Waals surface area contributed by atoms with Crippen molar-refractivity contribution < 1.29 is 0 Å². The normalized spacial score (nSPS) is 12.5. The van der Waals surface area contributed by atoms with Crippen LogP contribution in [0.3, 0.4) is 0 Å². The van der Waals surface area contributed by atoms with E-state index in [1.807, 2.05) is 30.3 Å². The average molecular weight is 300 g/mol. The summed E-state index contributed by atoms with van der Waals surface area (Å²) in [4.78, 5) is 8.38. The Kier molecular flexibility index (Phi) is 3.70. The highest BCUT2D eigenvalue weighted by atomic mass is 35.5. The number of halogens is 1. The van der Waals surface area contributed by atoms with Gasteiger partial charge in [-0.2, -0.15) is 0 Å². The molecule has 2 aromatic heterocycles. The predicted octanol–water partition coefficient (Wildman–Crippen LogP) is 2.42. The molecule has 1 aromatic carbocycles. The third kappa shape index (κ3) is 2.67. The van der Waals surface area contributed by atoms with E-state index >= 15 is 0 Å². The van der Waals surface area contributed by atoms with Gasteiger partial charge in [0.2, 0.25) is 0 Å². The van der Waals surface area contributed by atoms with Gasteiger partial charge >= 0.3 is 0 Å². The van der Waals surface area contributed by atoms with Crippen LogP contribution in [-0.2, 0) is 0 Å². The van der Waals surface area contributed by atoms with Crippen LogP contribution in [0.2, 0.25) is 5.02 Å². The number of pyridine rings is 2. The van der Waals surface area contributed by atoms with Crippen LogP contribution in [0.5, 0.6) is 0 Å². The van der Waals surface area contributed by atoms with E-state index in [-0.39, 0.29) is 6.04 Å². The molecule has 0 bridgehead atoms. The first-order chi connectivity index (χ1) is 10.2. The Bertz CT molecular complexity index is 790. The number of hydrazine groups is 1. The molecule has 1 unspecified atom stereocenters. The van der Waals surface area contributed by atoms with Crippen molar-refractivity contribution >= 4 is 28.3 Å². The lowest BCUT2D eigenvalue weighted by Gasteiger charge is -2.18. The summed E-state index contributed by atoms with van der Waals surface area (Å²) in [6.07, 6.45) is 3.28. The Hall–Kier alpha value is -2.21. The van der Waals surface area contributed by atoms with Gasteiger partial charge < -0.3 is 5.73 Å². The zero-order valence-electron chi connectivity index (χ0n) is 11.1. The first-order valence-electron chi connectivity index (χ1n) is 6.41. The minimum Gasteiger partial charge on any atom is -0.383 e. The summed E-state index contributed by atoms with van der Waals surface area (Å²) in [6.45, 7) is 0. The van der Waals surface area contributed by atoms with Crippen molar-refractivity contribution in [3.63, 3.8) is 0 Å². The Balaban J connectivity index is 2.11. The van der Waals surface area contributed by atoms with Crippen molar-refractivity contribution in [2.45, 2.75) is 6.04 Å². The Morgan fingerprint density at radius 3 is 2.81 bits per heavy atom. The number of hydrogen-bond acceptors (Lipinski definition) is 5. The van der Waals surface area contributed by atoms with Crippen molar-refractivity contribution in [3.05, 3.63) is 64.9 Å². The molecule has 21 heavy (non-hydrogen) atoms. The summed E-state index contributed by atoms with van der Waals surface area (Å²) in [6, 6.07) is 11.3. The molecule has 0 aliphatic carbocycles. The maximum atomic E-state index is 6.00. The maximum Gasteiger partial charge on any atom is 0.128 e. The van der Waals surface area contributed by atoms with Crippen molar-refractivity contribution in [1.29, 1.82) is 0 Å². The fourth-order valence-corrected chi connectivity index (χ4v) is 2.50. The Labute approximate surface area is 126 Å². The van der Waals surface area contributed by atoms with Gasteiger partial charge in [-0.15, -0.1) is 0 Å². The predicted molar refractivity (Wildman–Crippen MR) is 84.6 cm³/mol. The molecule has 0 fully saturated rings. The van der Waals surface area contributed by atoms with Crippen LogP contribution >= 0.6 is 11.6 Å². The third-order valence-corrected chi connectivity index (χ3v) is 3.56. The summed E-state index contributed by atoms with van der Waals surface area (Å²) in [5.41, 5.74) is 11.3. The van der Waals surface area contributed by atoms with Gasteiger partial charge in [-0.3, -0.25) is 10.8 Å². The highest BCUT2D eigenvalue weighted by Gasteiger charge is 2.17. The molecule has 0 saturated carbocycles. The quantitative estimate of drug-likeness (QED) is 0.510. The molecular weight excluding hydrogens is 286 g/mol. The van der Waals surface area contributed by atoms with Crippen LogP contribution in [0.25, 0.3) is 10.9 Å². The number of anilines is 1. The van der Waals surface area contributed by atoms with Crippen molar-refractivity contribution in [3.8, 4) is 0 Å². The molecule has 0 aliphatic rings. The minimum absolute atomic E-state index is 0.291. The summed E-state index contributed by atoms with van der Waals surface area (Å²) < 4.78 is 0. The van der Waals surface area contributed by atoms with Gasteiger partial charge in [0, 0.05) is 23.3 Å². The number of rotatable bonds is 3. The van der Waals surface area contributed by atoms with Crippen molar-refractivity contribution in [2.24, 2.45) is 5.84 Å². The van der Waals surface area contributed by atoms with Crippen LogP contribution in [0.15, 0.2) is 48.8 Å². The lowest BCUT2D eigenvalue weighted by atomic mass is 9.98. The van der Waals surface area contributed by atoms with E-state index in [2.05, 4.69) is 15.4 Å². The summed E-state index contributed by atoms with van der Waals surface area (Å²) in [7, 11) is 0. The smallest absolute Gasteiger partial charge is 0.128 e. The number of aromatic nitrogens is 2. The molecule has 5 nitrogen and oxygen atoms in total. The van der Waals surface area contributed by atoms with Gasteiger partial charge in [0.1, 0.15) is 5.82 Å². The molecule has 1 atom stereocenters. The first kappa shape index (κ1) is 13.8. The number of nitrogens with one attached hydrogen (secondary N) is 1. The third-order valence-electron chi connectivity index (χ3n) is 3.35. The van der Waals surface area contributed by atoms with Crippen LogP contribution in [0, 0.1) is 0 Å². The molecule has 0 radical (unpaired) electrons. The maximum absolute atomic E-state index is 6.00. The first-order valence-corrected chi connectivity index (χ1v) is 6.78. The number of nitrogens with zero attached hydrogens (tertiary/aromatic N) is 2. The molecule has 5 N–H and O–H groups in total. The second-order valence-electron chi connectivity index (χ2n) is 4.68. The van der Waals surface area contributed by atoms with Crippen LogP contribution in [-0.4, -0.2) is 9.97 Å².